The van der Waals surface area contributed by atoms with E-state index < -0.39 is 85.0 Å². The summed E-state index contributed by atoms with van der Waals surface area (Å²) in [5.41, 5.74) is -0.189. The van der Waals surface area contributed by atoms with Crippen LogP contribution in [-0.4, -0.2) is 141 Å². The van der Waals surface area contributed by atoms with Crippen molar-refractivity contribution in [2.45, 2.75) is 186 Å². The first-order chi connectivity index (χ1) is 26.1. The highest BCUT2D eigenvalue weighted by Gasteiger charge is 2.72. The molecule has 13 nitrogen and oxygen atoms in total. The van der Waals surface area contributed by atoms with Gasteiger partial charge in [0.25, 0.3) is 0 Å². The van der Waals surface area contributed by atoms with Crippen LogP contribution in [0.15, 0.2) is 11.6 Å². The van der Waals surface area contributed by atoms with E-state index in [2.05, 4.69) is 54.5 Å². The molecule has 20 unspecified atom stereocenters. The lowest BCUT2D eigenvalue weighted by atomic mass is 9.33. The van der Waals surface area contributed by atoms with Crippen LogP contribution in [0.25, 0.3) is 0 Å². The van der Waals surface area contributed by atoms with Crippen molar-refractivity contribution in [3.05, 3.63) is 11.6 Å². The molecule has 20 atom stereocenters. The second kappa shape index (κ2) is 14.7. The van der Waals surface area contributed by atoms with E-state index in [1.165, 1.54) is 5.57 Å². The van der Waals surface area contributed by atoms with Gasteiger partial charge in [0.05, 0.1) is 37.6 Å². The van der Waals surface area contributed by atoms with Crippen molar-refractivity contribution in [3.63, 3.8) is 0 Å². The Bertz CT molecular complexity index is 1470. The van der Waals surface area contributed by atoms with E-state index in [0.717, 1.165) is 38.5 Å². The maximum atomic E-state index is 12.1. The number of hydrogen-bond acceptors (Lipinski definition) is 13. The van der Waals surface area contributed by atoms with E-state index in [4.69, 9.17) is 23.7 Å². The predicted octanol–water partition coefficient (Wildman–Crippen LogP) is 2.41. The van der Waals surface area contributed by atoms with Crippen LogP contribution in [0.3, 0.4) is 0 Å². The van der Waals surface area contributed by atoms with Crippen LogP contribution < -0.4 is 0 Å². The molecule has 0 radical (unpaired) electrons. The zero-order chi connectivity index (χ0) is 41.1. The number of aliphatic hydroxyl groups is 8. The van der Waals surface area contributed by atoms with E-state index in [9.17, 15) is 40.9 Å². The molecule has 0 aromatic carbocycles. The Morgan fingerprint density at radius 1 is 0.750 bits per heavy atom. The molecule has 5 aliphatic carbocycles. The molecule has 0 spiro atoms. The Balaban J connectivity index is 1.18. The summed E-state index contributed by atoms with van der Waals surface area (Å²) in [5.74, 6) is 0.378. The quantitative estimate of drug-likeness (QED) is 0.138. The van der Waals surface area contributed by atoms with Gasteiger partial charge in [-0.25, -0.2) is 0 Å². The van der Waals surface area contributed by atoms with E-state index in [0.29, 0.717) is 12.8 Å². The van der Waals surface area contributed by atoms with Gasteiger partial charge in [-0.2, -0.15) is 0 Å². The van der Waals surface area contributed by atoms with Crippen molar-refractivity contribution in [1.82, 2.24) is 0 Å². The van der Waals surface area contributed by atoms with Crippen molar-refractivity contribution in [1.29, 1.82) is 0 Å². The van der Waals surface area contributed by atoms with Gasteiger partial charge in [0.15, 0.2) is 12.6 Å². The van der Waals surface area contributed by atoms with Gasteiger partial charge in [0.2, 0.25) is 0 Å². The monoisotopic (exact) mass is 796 g/mol. The summed E-state index contributed by atoms with van der Waals surface area (Å²) in [6, 6.07) is 0. The summed E-state index contributed by atoms with van der Waals surface area (Å²) in [6.45, 7) is 17.3. The van der Waals surface area contributed by atoms with Crippen LogP contribution >= 0.6 is 0 Å². The van der Waals surface area contributed by atoms with E-state index in [-0.39, 0.29) is 58.2 Å². The number of rotatable bonds is 7. The summed E-state index contributed by atoms with van der Waals surface area (Å²) < 4.78 is 31.2. The Kier molecular flexibility index (Phi) is 11.4. The molecule has 0 amide bonds. The van der Waals surface area contributed by atoms with Gasteiger partial charge < -0.3 is 64.5 Å². The zero-order valence-corrected chi connectivity index (χ0v) is 35.0. The second-order valence-electron chi connectivity index (χ2n) is 21.2. The number of aliphatic hydroxyl groups excluding tert-OH is 8. The third-order valence-electron chi connectivity index (χ3n) is 17.5. The molecule has 7 rings (SSSR count). The molecule has 0 aromatic rings. The Hall–Kier alpha value is -0.780. The fourth-order valence-corrected chi connectivity index (χ4v) is 14.0. The van der Waals surface area contributed by atoms with Gasteiger partial charge in [0, 0.05) is 18.4 Å². The van der Waals surface area contributed by atoms with Crippen molar-refractivity contribution in [3.8, 4) is 0 Å². The number of fused-ring (bicyclic) bond motifs is 7. The molecule has 7 aliphatic rings. The lowest BCUT2D eigenvalue weighted by Gasteiger charge is -2.73. The average molecular weight is 797 g/mol. The molecule has 2 heterocycles. The summed E-state index contributed by atoms with van der Waals surface area (Å²) in [7, 11) is 1.82. The largest absolute Gasteiger partial charge is 0.396 e. The fourth-order valence-electron chi connectivity index (χ4n) is 14.0. The van der Waals surface area contributed by atoms with E-state index in [1.807, 2.05) is 7.11 Å². The highest BCUT2D eigenvalue weighted by atomic mass is 16.8. The van der Waals surface area contributed by atoms with Crippen molar-refractivity contribution in [2.75, 3.05) is 20.3 Å². The van der Waals surface area contributed by atoms with Crippen molar-refractivity contribution in [2.24, 2.45) is 50.2 Å². The molecular weight excluding hydrogens is 724 g/mol. The Morgan fingerprint density at radius 3 is 2.09 bits per heavy atom. The van der Waals surface area contributed by atoms with Crippen molar-refractivity contribution < 1.29 is 64.5 Å². The number of methoxy groups -OCH3 is 1. The summed E-state index contributed by atoms with van der Waals surface area (Å²) >= 11 is 0. The maximum Gasteiger partial charge on any atom is 0.187 e. The molecule has 6 fully saturated rings. The Morgan fingerprint density at radius 2 is 1.45 bits per heavy atom. The molecule has 2 aliphatic heterocycles. The SMILES string of the molecule is COC1C=C2C3CC(C)(C)CCC3(CO)C(O)CC2(C)C2(C)CCC3C(C)(C)C(OC4OC(C)C(O)C(O)C4OC4OC(CO)C(O)C(O)C4O)CCC3(C)C12. The van der Waals surface area contributed by atoms with Gasteiger partial charge in [-0.3, -0.25) is 0 Å². The Labute approximate surface area is 332 Å². The third-order valence-corrected chi connectivity index (χ3v) is 17.5. The first-order valence-corrected chi connectivity index (χ1v) is 21.2. The van der Waals surface area contributed by atoms with Crippen LogP contribution in [0.1, 0.15) is 107 Å². The lowest BCUT2D eigenvalue weighted by molar-refractivity contribution is -0.376. The number of ether oxygens (including phenoxy) is 5. The second-order valence-corrected chi connectivity index (χ2v) is 21.2. The van der Waals surface area contributed by atoms with Crippen LogP contribution in [0.2, 0.25) is 0 Å². The molecule has 0 aromatic heterocycles. The maximum absolute atomic E-state index is 12.1. The molecule has 0 bridgehead atoms. The minimum Gasteiger partial charge on any atom is -0.396 e. The molecule has 4 saturated carbocycles. The van der Waals surface area contributed by atoms with E-state index >= 15 is 0 Å². The van der Waals surface area contributed by atoms with Gasteiger partial charge in [0.1, 0.15) is 42.7 Å². The first kappa shape index (κ1) is 43.3. The molecule has 56 heavy (non-hydrogen) atoms. The molecule has 8 N–H and O–H groups in total. The van der Waals surface area contributed by atoms with Crippen LogP contribution in [0.4, 0.5) is 0 Å². The average Bonchev–Trinajstić information content (AvgIpc) is 3.13. The minimum atomic E-state index is -1.71. The third kappa shape index (κ3) is 6.26. The normalized spacial score (nSPS) is 55.2. The van der Waals surface area contributed by atoms with Crippen LogP contribution in [0, 0.1) is 50.2 Å². The fraction of sp³-hybridized carbons (Fsp3) is 0.953. The summed E-state index contributed by atoms with van der Waals surface area (Å²) in [4.78, 5) is 0. The standard InChI is InChI=1S/C43H72O13/c1-21-29(47)32(50)34(56-36-33(51)31(49)30(48)25(19-44)54-36)37(53-21)55-28-11-12-40(6)26(39(28,4)5)10-13-41(7)35(40)24(52-9)16-22-23-17-38(2,3)14-15-43(23,20-45)27(46)18-42(22,41)8/h16,21,23-37,44-51H,10-15,17-20H2,1-9H3. The van der Waals surface area contributed by atoms with Gasteiger partial charge >= 0.3 is 0 Å². The van der Waals surface area contributed by atoms with Crippen LogP contribution in [0.5, 0.6) is 0 Å². The highest BCUT2D eigenvalue weighted by molar-refractivity contribution is 5.37. The van der Waals surface area contributed by atoms with Gasteiger partial charge in [-0.15, -0.1) is 0 Å². The first-order valence-electron chi connectivity index (χ1n) is 21.2. The van der Waals surface area contributed by atoms with Crippen molar-refractivity contribution >= 4 is 0 Å². The number of allylic oxidation sites excluding steroid dienone is 1. The minimum absolute atomic E-state index is 0.0244. The predicted molar refractivity (Wildman–Crippen MR) is 204 cm³/mol. The lowest BCUT2D eigenvalue weighted by Crippen LogP contribution is -2.70. The smallest absolute Gasteiger partial charge is 0.187 e. The molecular formula is C43H72O13. The summed E-state index contributed by atoms with van der Waals surface area (Å²) in [6.07, 6.45) is -6.04. The number of hydrogen-bond donors (Lipinski definition) is 8. The topological polar surface area (TPSA) is 208 Å². The van der Waals surface area contributed by atoms with Gasteiger partial charge in [-0.05, 0) is 97.2 Å². The molecule has 13 heteroatoms. The zero-order valence-electron chi connectivity index (χ0n) is 35.0. The molecule has 2 saturated heterocycles. The highest BCUT2D eigenvalue weighted by Crippen LogP contribution is 2.76. The molecule has 322 valence electrons. The van der Waals surface area contributed by atoms with E-state index in [1.54, 1.807) is 6.92 Å². The van der Waals surface area contributed by atoms with Gasteiger partial charge in [-0.1, -0.05) is 60.1 Å². The van der Waals surface area contributed by atoms with Crippen LogP contribution in [-0.2, 0) is 23.7 Å². The summed E-state index contributed by atoms with van der Waals surface area (Å²) in [5, 5.41) is 86.5.